The molecule has 0 aromatic rings. The highest BCUT2D eigenvalue weighted by molar-refractivity contribution is 5.77. The molecule has 3 nitrogen and oxygen atoms in total. The molecule has 0 unspecified atom stereocenters. The van der Waals surface area contributed by atoms with E-state index in [2.05, 4.69) is 12.2 Å². The van der Waals surface area contributed by atoms with E-state index < -0.39 is 0 Å². The number of hydrogen-bond donors (Lipinski definition) is 2. The summed E-state index contributed by atoms with van der Waals surface area (Å²) in [6, 6.07) is 0. The Hall–Kier alpha value is -0.570. The number of nitrogens with one attached hydrogen (secondary N) is 1. The summed E-state index contributed by atoms with van der Waals surface area (Å²) in [5.41, 5.74) is 5.03. The van der Waals surface area contributed by atoms with Crippen LogP contribution in [0.5, 0.6) is 0 Å². The predicted octanol–water partition coefficient (Wildman–Crippen LogP) is 0.251. The number of carbonyl (C=O) groups excluding carboxylic acids is 1. The highest BCUT2D eigenvalue weighted by Crippen LogP contribution is 1.93. The lowest BCUT2D eigenvalue weighted by Gasteiger charge is -1.80. The van der Waals surface area contributed by atoms with Crippen LogP contribution in [0.15, 0.2) is 0 Å². The highest BCUT2D eigenvalue weighted by atomic mass is 16.1. The van der Waals surface area contributed by atoms with Gasteiger partial charge in [0.15, 0.2) is 0 Å². The summed E-state index contributed by atoms with van der Waals surface area (Å²) in [6.45, 7) is 3.76. The van der Waals surface area contributed by atoms with Crippen LogP contribution in [0.25, 0.3) is 0 Å². The Bertz CT molecular complexity index is 83.6. The van der Waals surface area contributed by atoms with Crippen LogP contribution in [0.4, 0.5) is 0 Å². The zero-order valence-corrected chi connectivity index (χ0v) is 6.52. The minimum Gasteiger partial charge on any atom is -0.356 e. The molecule has 1 aliphatic heterocycles. The molecule has 10 heavy (non-hydrogen) atoms. The van der Waals surface area contributed by atoms with Crippen molar-refractivity contribution in [2.75, 3.05) is 13.1 Å². The molecule has 0 aliphatic carbocycles. The summed E-state index contributed by atoms with van der Waals surface area (Å²) in [5.74, 6) is 0.204. The van der Waals surface area contributed by atoms with Crippen molar-refractivity contribution in [2.45, 2.75) is 26.2 Å². The normalized spacial score (nSPS) is 15.6. The van der Waals surface area contributed by atoms with Gasteiger partial charge in [0.05, 0.1) is 0 Å². The second-order valence-electron chi connectivity index (χ2n) is 2.24. The molecule has 60 valence electrons. The van der Waals surface area contributed by atoms with E-state index in [0.29, 0.717) is 0 Å². The molecule has 1 aliphatic rings. The largest absolute Gasteiger partial charge is 0.356 e. The summed E-state index contributed by atoms with van der Waals surface area (Å²) in [7, 11) is 0. The van der Waals surface area contributed by atoms with Gasteiger partial charge in [0.1, 0.15) is 0 Å². The molecule has 0 atom stereocenters. The Morgan fingerprint density at radius 3 is 2.40 bits per heavy atom. The van der Waals surface area contributed by atoms with Gasteiger partial charge in [-0.1, -0.05) is 6.92 Å². The van der Waals surface area contributed by atoms with E-state index in [0.717, 1.165) is 32.4 Å². The van der Waals surface area contributed by atoms with Crippen molar-refractivity contribution in [1.82, 2.24) is 5.32 Å². The lowest BCUT2D eigenvalue weighted by Crippen LogP contribution is -2.12. The molecule has 1 rings (SSSR count). The van der Waals surface area contributed by atoms with E-state index in [1.54, 1.807) is 0 Å². The zero-order valence-electron chi connectivity index (χ0n) is 6.52. The van der Waals surface area contributed by atoms with Crippen LogP contribution in [0, 0.1) is 0 Å². The number of rotatable bonds is 1. The number of nitrogens with two attached hydrogens (primary N) is 1. The first-order valence-corrected chi connectivity index (χ1v) is 3.78. The quantitative estimate of drug-likeness (QED) is 0.554. The summed E-state index contributed by atoms with van der Waals surface area (Å²) < 4.78 is 0. The van der Waals surface area contributed by atoms with E-state index >= 15 is 0 Å². The van der Waals surface area contributed by atoms with Crippen LogP contribution in [0.3, 0.4) is 0 Å². The van der Waals surface area contributed by atoms with Crippen molar-refractivity contribution in [2.24, 2.45) is 5.73 Å². The lowest BCUT2D eigenvalue weighted by molar-refractivity contribution is -0.119. The second kappa shape index (κ2) is 6.55. The van der Waals surface area contributed by atoms with Crippen LogP contribution in [0.2, 0.25) is 0 Å². The average molecular weight is 144 g/mol. The Morgan fingerprint density at radius 1 is 1.70 bits per heavy atom. The van der Waals surface area contributed by atoms with Crippen LogP contribution in [0.1, 0.15) is 26.2 Å². The molecule has 0 aromatic heterocycles. The van der Waals surface area contributed by atoms with Crippen molar-refractivity contribution in [3.8, 4) is 0 Å². The molecule has 0 spiro atoms. The topological polar surface area (TPSA) is 55.1 Å². The van der Waals surface area contributed by atoms with Crippen molar-refractivity contribution in [3.63, 3.8) is 0 Å². The van der Waals surface area contributed by atoms with Gasteiger partial charge in [0.2, 0.25) is 5.91 Å². The molecule has 0 saturated carbocycles. The van der Waals surface area contributed by atoms with Crippen LogP contribution < -0.4 is 11.1 Å². The maximum atomic E-state index is 10.1. The van der Waals surface area contributed by atoms with Crippen LogP contribution in [-0.4, -0.2) is 19.0 Å². The smallest absolute Gasteiger partial charge is 0.220 e. The summed E-state index contributed by atoms with van der Waals surface area (Å²) in [6.07, 6.45) is 2.86. The monoisotopic (exact) mass is 144 g/mol. The Morgan fingerprint density at radius 2 is 2.30 bits per heavy atom. The van der Waals surface area contributed by atoms with Gasteiger partial charge < -0.3 is 11.1 Å². The third kappa shape index (κ3) is 5.56. The highest BCUT2D eigenvalue weighted by Gasteiger charge is 2.05. The molecule has 3 N–H and O–H groups in total. The predicted molar refractivity (Wildman–Crippen MR) is 41.6 cm³/mol. The van der Waals surface area contributed by atoms with Gasteiger partial charge in [-0.2, -0.15) is 0 Å². The molecule has 1 fully saturated rings. The fraction of sp³-hybridized carbons (Fsp3) is 0.857. The first kappa shape index (κ1) is 9.43. The summed E-state index contributed by atoms with van der Waals surface area (Å²) in [5, 5.41) is 2.68. The van der Waals surface area contributed by atoms with Gasteiger partial charge >= 0.3 is 0 Å². The number of hydrogen-bond acceptors (Lipinski definition) is 2. The summed E-state index contributed by atoms with van der Waals surface area (Å²) >= 11 is 0. The maximum absolute atomic E-state index is 10.1. The minimum absolute atomic E-state index is 0.204. The fourth-order valence-electron chi connectivity index (χ4n) is 0.565. The third-order valence-electron chi connectivity index (χ3n) is 1.19. The zero-order chi connectivity index (χ0) is 7.82. The maximum Gasteiger partial charge on any atom is 0.220 e. The van der Waals surface area contributed by atoms with Gasteiger partial charge in [0.25, 0.3) is 0 Å². The van der Waals surface area contributed by atoms with E-state index in [4.69, 9.17) is 5.73 Å². The third-order valence-corrected chi connectivity index (χ3v) is 1.19. The Balaban J connectivity index is 0.000000180. The van der Waals surface area contributed by atoms with Crippen molar-refractivity contribution < 1.29 is 4.79 Å². The van der Waals surface area contributed by atoms with Crippen molar-refractivity contribution >= 4 is 5.91 Å². The molecule has 1 saturated heterocycles. The SMILES string of the molecule is CCCN.O=C1CCCN1. The molecule has 3 heteroatoms. The van der Waals surface area contributed by atoms with Gasteiger partial charge in [-0.05, 0) is 19.4 Å². The van der Waals surface area contributed by atoms with E-state index in [1.165, 1.54) is 0 Å². The van der Waals surface area contributed by atoms with Crippen LogP contribution in [-0.2, 0) is 4.79 Å². The van der Waals surface area contributed by atoms with Crippen LogP contribution >= 0.6 is 0 Å². The number of amides is 1. The van der Waals surface area contributed by atoms with Crippen molar-refractivity contribution in [3.05, 3.63) is 0 Å². The van der Waals surface area contributed by atoms with Gasteiger partial charge in [-0.25, -0.2) is 0 Å². The molecule has 1 amide bonds. The molecular weight excluding hydrogens is 128 g/mol. The molecule has 0 aromatic carbocycles. The fourth-order valence-corrected chi connectivity index (χ4v) is 0.565. The van der Waals surface area contributed by atoms with Gasteiger partial charge in [-0.3, -0.25) is 4.79 Å². The number of carbonyl (C=O) groups is 1. The molecule has 0 radical (unpaired) electrons. The first-order valence-electron chi connectivity index (χ1n) is 3.78. The Kier molecular flexibility index (Phi) is 6.18. The van der Waals surface area contributed by atoms with E-state index in [9.17, 15) is 4.79 Å². The molecule has 0 bridgehead atoms. The molecule has 1 heterocycles. The summed E-state index contributed by atoms with van der Waals surface area (Å²) in [4.78, 5) is 10.1. The van der Waals surface area contributed by atoms with E-state index in [1.807, 2.05) is 0 Å². The second-order valence-corrected chi connectivity index (χ2v) is 2.24. The minimum atomic E-state index is 0.204. The van der Waals surface area contributed by atoms with Crippen molar-refractivity contribution in [1.29, 1.82) is 0 Å². The first-order chi connectivity index (χ1) is 4.81. The Labute approximate surface area is 62.0 Å². The van der Waals surface area contributed by atoms with E-state index in [-0.39, 0.29) is 5.91 Å². The average Bonchev–Trinajstić information content (AvgIpc) is 2.40. The standard InChI is InChI=1S/C4H7NO.C3H9N/c6-4-2-1-3-5-4;1-2-3-4/h1-3H2,(H,5,6);2-4H2,1H3. The van der Waals surface area contributed by atoms with Gasteiger partial charge in [-0.15, -0.1) is 0 Å². The van der Waals surface area contributed by atoms with Gasteiger partial charge in [0, 0.05) is 13.0 Å². The lowest BCUT2D eigenvalue weighted by atomic mass is 10.4. The molecular formula is C7H16N2O.